The zero-order chi connectivity index (χ0) is 10.4. The van der Waals surface area contributed by atoms with Gasteiger partial charge in [0.15, 0.2) is 0 Å². The summed E-state index contributed by atoms with van der Waals surface area (Å²) in [6.45, 7) is 6.24. The Balaban J connectivity index is 3.70. The van der Waals surface area contributed by atoms with Gasteiger partial charge >= 0.3 is 11.9 Å². The van der Waals surface area contributed by atoms with Crippen LogP contribution in [-0.4, -0.2) is 24.1 Å². The van der Waals surface area contributed by atoms with Crippen molar-refractivity contribution in [2.24, 2.45) is 0 Å². The molecular weight excluding hydrogens is 172 g/mol. The minimum atomic E-state index is -0.317. The van der Waals surface area contributed by atoms with Crippen molar-refractivity contribution in [1.29, 1.82) is 0 Å². The summed E-state index contributed by atoms with van der Waals surface area (Å²) < 4.78 is 9.74. The van der Waals surface area contributed by atoms with Gasteiger partial charge in [0, 0.05) is 20.3 Å². The second-order valence-corrected chi connectivity index (χ2v) is 3.08. The highest BCUT2D eigenvalue weighted by Crippen LogP contribution is 2.05. The van der Waals surface area contributed by atoms with Gasteiger partial charge in [0.25, 0.3) is 0 Å². The summed E-state index contributed by atoms with van der Waals surface area (Å²) in [5, 5.41) is 0. The van der Waals surface area contributed by atoms with Gasteiger partial charge in [0.2, 0.25) is 0 Å². The summed E-state index contributed by atoms with van der Waals surface area (Å²) >= 11 is 0. The quantitative estimate of drug-likeness (QED) is 0.623. The Labute approximate surface area is 78.2 Å². The zero-order valence-corrected chi connectivity index (χ0v) is 8.49. The molecule has 0 aliphatic heterocycles. The Hall–Kier alpha value is -1.06. The topological polar surface area (TPSA) is 52.6 Å². The van der Waals surface area contributed by atoms with Crippen molar-refractivity contribution in [2.75, 3.05) is 0 Å². The van der Waals surface area contributed by atoms with Crippen LogP contribution < -0.4 is 0 Å². The molecule has 0 fully saturated rings. The lowest BCUT2D eigenvalue weighted by molar-refractivity contribution is -0.150. The maximum Gasteiger partial charge on any atom is 0.302 e. The minimum Gasteiger partial charge on any atom is -0.463 e. The van der Waals surface area contributed by atoms with Gasteiger partial charge in [-0.2, -0.15) is 0 Å². The molecule has 76 valence electrons. The summed E-state index contributed by atoms with van der Waals surface area (Å²) in [5.41, 5.74) is 0. The smallest absolute Gasteiger partial charge is 0.302 e. The van der Waals surface area contributed by atoms with Gasteiger partial charge in [0.1, 0.15) is 12.2 Å². The highest BCUT2D eigenvalue weighted by atomic mass is 16.6. The van der Waals surface area contributed by atoms with Crippen LogP contribution >= 0.6 is 0 Å². The lowest BCUT2D eigenvalue weighted by atomic mass is 10.2. The summed E-state index contributed by atoms with van der Waals surface area (Å²) in [6, 6.07) is 0. The van der Waals surface area contributed by atoms with E-state index in [1.165, 1.54) is 13.8 Å². The summed E-state index contributed by atoms with van der Waals surface area (Å²) in [7, 11) is 0. The molecule has 0 radical (unpaired) electrons. The Morgan fingerprint density at radius 3 is 1.54 bits per heavy atom. The molecule has 0 aliphatic rings. The first-order valence-corrected chi connectivity index (χ1v) is 4.26. The largest absolute Gasteiger partial charge is 0.463 e. The molecular formula is C9H16O4. The first-order chi connectivity index (χ1) is 5.91. The molecule has 4 nitrogen and oxygen atoms in total. The van der Waals surface area contributed by atoms with E-state index in [4.69, 9.17) is 9.47 Å². The zero-order valence-electron chi connectivity index (χ0n) is 8.49. The third-order valence-corrected chi connectivity index (χ3v) is 1.40. The molecule has 0 aromatic carbocycles. The molecule has 0 amide bonds. The standard InChI is InChI=1S/C9H16O4/c1-6(12-8(3)10)5-7(2)13-9(4)11/h6-7H,5H2,1-4H3/t6-,7-/m1/s1. The van der Waals surface area contributed by atoms with E-state index in [0.717, 1.165) is 0 Å². The highest BCUT2D eigenvalue weighted by Gasteiger charge is 2.12. The van der Waals surface area contributed by atoms with E-state index in [2.05, 4.69) is 0 Å². The van der Waals surface area contributed by atoms with Crippen molar-refractivity contribution in [3.05, 3.63) is 0 Å². The fraction of sp³-hybridized carbons (Fsp3) is 0.778. The van der Waals surface area contributed by atoms with E-state index in [9.17, 15) is 9.59 Å². The molecule has 0 N–H and O–H groups in total. The second-order valence-electron chi connectivity index (χ2n) is 3.08. The summed E-state index contributed by atoms with van der Waals surface area (Å²) in [6.07, 6.45) is 0.0952. The maximum atomic E-state index is 10.5. The third-order valence-electron chi connectivity index (χ3n) is 1.40. The van der Waals surface area contributed by atoms with E-state index in [1.54, 1.807) is 13.8 Å². The van der Waals surface area contributed by atoms with Crippen LogP contribution in [0.3, 0.4) is 0 Å². The van der Waals surface area contributed by atoms with E-state index < -0.39 is 0 Å². The molecule has 0 aliphatic carbocycles. The van der Waals surface area contributed by atoms with Crippen LogP contribution in [0.25, 0.3) is 0 Å². The van der Waals surface area contributed by atoms with Crippen LogP contribution in [0.15, 0.2) is 0 Å². The summed E-state index contributed by atoms with van der Waals surface area (Å²) in [4.78, 5) is 21.1. The number of hydrogen-bond acceptors (Lipinski definition) is 4. The molecule has 0 saturated heterocycles. The second kappa shape index (κ2) is 5.56. The lowest BCUT2D eigenvalue weighted by Crippen LogP contribution is -2.21. The molecule has 0 spiro atoms. The number of esters is 2. The molecule has 0 saturated carbocycles. The van der Waals surface area contributed by atoms with Gasteiger partial charge in [-0.3, -0.25) is 9.59 Å². The molecule has 0 aromatic rings. The normalized spacial score (nSPS) is 14.5. The molecule has 4 heteroatoms. The molecule has 13 heavy (non-hydrogen) atoms. The predicted octanol–water partition coefficient (Wildman–Crippen LogP) is 1.28. The van der Waals surface area contributed by atoms with Crippen LogP contribution in [0.4, 0.5) is 0 Å². The van der Waals surface area contributed by atoms with Gasteiger partial charge < -0.3 is 9.47 Å². The highest BCUT2D eigenvalue weighted by molar-refractivity contribution is 5.66. The Kier molecular flexibility index (Phi) is 5.11. The van der Waals surface area contributed by atoms with Crippen molar-refractivity contribution in [3.63, 3.8) is 0 Å². The SMILES string of the molecule is CC(=O)O[C@H](C)C[C@@H](C)OC(C)=O. The number of carbonyl (C=O) groups is 2. The van der Waals surface area contributed by atoms with Crippen LogP contribution in [0.1, 0.15) is 34.1 Å². The molecule has 0 heterocycles. The molecule has 0 rings (SSSR count). The van der Waals surface area contributed by atoms with Crippen molar-refractivity contribution in [2.45, 2.75) is 46.3 Å². The summed E-state index contributed by atoms with van der Waals surface area (Å²) in [5.74, 6) is -0.634. The van der Waals surface area contributed by atoms with Gasteiger partial charge in [0.05, 0.1) is 0 Å². The van der Waals surface area contributed by atoms with E-state index in [1.807, 2.05) is 0 Å². The molecule has 0 bridgehead atoms. The Bertz CT molecular complexity index is 168. The van der Waals surface area contributed by atoms with Gasteiger partial charge in [-0.05, 0) is 13.8 Å². The first kappa shape index (κ1) is 11.9. The monoisotopic (exact) mass is 188 g/mol. The van der Waals surface area contributed by atoms with Gasteiger partial charge in [-0.15, -0.1) is 0 Å². The maximum absolute atomic E-state index is 10.5. The van der Waals surface area contributed by atoms with Crippen molar-refractivity contribution < 1.29 is 19.1 Å². The van der Waals surface area contributed by atoms with Crippen LogP contribution in [0.5, 0.6) is 0 Å². The predicted molar refractivity (Wildman–Crippen MR) is 47.1 cm³/mol. The Morgan fingerprint density at radius 1 is 1.00 bits per heavy atom. The van der Waals surface area contributed by atoms with E-state index in [-0.39, 0.29) is 24.1 Å². The number of ether oxygens (including phenoxy) is 2. The van der Waals surface area contributed by atoms with Crippen molar-refractivity contribution in [1.82, 2.24) is 0 Å². The third kappa shape index (κ3) is 7.31. The number of rotatable bonds is 4. The molecule has 0 aromatic heterocycles. The van der Waals surface area contributed by atoms with Crippen LogP contribution in [0, 0.1) is 0 Å². The van der Waals surface area contributed by atoms with Gasteiger partial charge in [-0.1, -0.05) is 0 Å². The molecule has 0 unspecified atom stereocenters. The van der Waals surface area contributed by atoms with E-state index in [0.29, 0.717) is 6.42 Å². The number of carbonyl (C=O) groups excluding carboxylic acids is 2. The van der Waals surface area contributed by atoms with E-state index >= 15 is 0 Å². The van der Waals surface area contributed by atoms with Crippen LogP contribution in [0.2, 0.25) is 0 Å². The van der Waals surface area contributed by atoms with Crippen molar-refractivity contribution >= 4 is 11.9 Å². The average molecular weight is 188 g/mol. The Morgan fingerprint density at radius 2 is 1.31 bits per heavy atom. The first-order valence-electron chi connectivity index (χ1n) is 4.26. The fourth-order valence-corrected chi connectivity index (χ4v) is 1.13. The minimum absolute atomic E-state index is 0.216. The lowest BCUT2D eigenvalue weighted by Gasteiger charge is -2.16. The average Bonchev–Trinajstić information content (AvgIpc) is 1.80. The molecule has 2 atom stereocenters. The number of hydrogen-bond donors (Lipinski definition) is 0. The van der Waals surface area contributed by atoms with Crippen LogP contribution in [-0.2, 0) is 19.1 Å². The van der Waals surface area contributed by atoms with Gasteiger partial charge in [-0.25, -0.2) is 0 Å². The fourth-order valence-electron chi connectivity index (χ4n) is 1.13. The van der Waals surface area contributed by atoms with Crippen molar-refractivity contribution in [3.8, 4) is 0 Å².